The first-order valence-corrected chi connectivity index (χ1v) is 8.29. The molecule has 2 aromatic heterocycles. The van der Waals surface area contributed by atoms with E-state index in [2.05, 4.69) is 34.6 Å². The molecule has 0 bridgehead atoms. The molecule has 0 aliphatic rings. The Hall–Kier alpha value is -2.14. The van der Waals surface area contributed by atoms with Crippen LogP contribution in [-0.2, 0) is 24.7 Å². The number of rotatable bonds is 6. The maximum Gasteiger partial charge on any atom is 0.220 e. The van der Waals surface area contributed by atoms with Crippen molar-refractivity contribution in [2.24, 2.45) is 7.05 Å². The van der Waals surface area contributed by atoms with Crippen molar-refractivity contribution in [2.75, 3.05) is 6.54 Å². The van der Waals surface area contributed by atoms with Crippen molar-refractivity contribution in [3.05, 3.63) is 52.5 Å². The maximum atomic E-state index is 11.8. The number of aromatic nitrogens is 2. The third kappa shape index (κ3) is 3.54. The molecule has 1 aromatic carbocycles. The van der Waals surface area contributed by atoms with Crippen molar-refractivity contribution in [1.29, 1.82) is 0 Å². The summed E-state index contributed by atoms with van der Waals surface area (Å²) < 4.78 is 2.01. The summed E-state index contributed by atoms with van der Waals surface area (Å²) >= 11 is 1.70. The molecule has 22 heavy (non-hydrogen) atoms. The third-order valence-corrected chi connectivity index (χ3v) is 4.64. The molecule has 0 atom stereocenters. The first-order valence-electron chi connectivity index (χ1n) is 7.41. The fourth-order valence-electron chi connectivity index (χ4n) is 2.46. The van der Waals surface area contributed by atoms with Crippen LogP contribution in [0.3, 0.4) is 0 Å². The second-order valence-electron chi connectivity index (χ2n) is 5.36. The van der Waals surface area contributed by atoms with Crippen LogP contribution in [0.5, 0.6) is 0 Å². The predicted octanol–water partition coefficient (Wildman–Crippen LogP) is 2.93. The van der Waals surface area contributed by atoms with Crippen LogP contribution >= 0.6 is 11.3 Å². The normalized spacial score (nSPS) is 11.0. The molecule has 3 aromatic rings. The highest BCUT2D eigenvalue weighted by atomic mass is 32.1. The Labute approximate surface area is 133 Å². The van der Waals surface area contributed by atoms with Crippen molar-refractivity contribution < 1.29 is 4.79 Å². The first kappa shape index (κ1) is 14.8. The second-order valence-corrected chi connectivity index (χ2v) is 6.39. The molecular formula is C17H19N3OS. The van der Waals surface area contributed by atoms with Crippen molar-refractivity contribution in [2.45, 2.75) is 19.3 Å². The highest BCUT2D eigenvalue weighted by molar-refractivity contribution is 7.09. The average Bonchev–Trinajstić information content (AvgIpc) is 3.15. The molecule has 0 aliphatic carbocycles. The lowest BCUT2D eigenvalue weighted by molar-refractivity contribution is -0.121. The highest BCUT2D eigenvalue weighted by Crippen LogP contribution is 2.14. The van der Waals surface area contributed by atoms with E-state index in [9.17, 15) is 4.79 Å². The van der Waals surface area contributed by atoms with Gasteiger partial charge >= 0.3 is 0 Å². The van der Waals surface area contributed by atoms with Crippen LogP contribution in [0.2, 0.25) is 0 Å². The number of benzene rings is 1. The van der Waals surface area contributed by atoms with Crippen LogP contribution in [0.4, 0.5) is 0 Å². The third-order valence-electron chi connectivity index (χ3n) is 3.70. The van der Waals surface area contributed by atoms with Gasteiger partial charge in [-0.1, -0.05) is 12.1 Å². The van der Waals surface area contributed by atoms with Crippen molar-refractivity contribution in [3.8, 4) is 0 Å². The zero-order chi connectivity index (χ0) is 15.4. The molecule has 2 heterocycles. The van der Waals surface area contributed by atoms with Gasteiger partial charge in [-0.15, -0.1) is 11.3 Å². The molecule has 0 radical (unpaired) electrons. The molecule has 0 saturated carbocycles. The van der Waals surface area contributed by atoms with Crippen molar-refractivity contribution in [3.63, 3.8) is 0 Å². The summed E-state index contributed by atoms with van der Waals surface area (Å²) in [6.07, 6.45) is 4.03. The smallest absolute Gasteiger partial charge is 0.220 e. The number of nitrogens with zero attached hydrogens (tertiary/aromatic N) is 2. The summed E-state index contributed by atoms with van der Waals surface area (Å²) in [6.45, 7) is 0.668. The van der Waals surface area contributed by atoms with E-state index in [1.165, 1.54) is 10.4 Å². The lowest BCUT2D eigenvalue weighted by atomic mass is 10.1. The molecule has 0 unspecified atom stereocenters. The van der Waals surface area contributed by atoms with Crippen LogP contribution in [0, 0.1) is 0 Å². The van der Waals surface area contributed by atoms with Gasteiger partial charge in [-0.25, -0.2) is 4.98 Å². The molecule has 0 fully saturated rings. The Morgan fingerprint density at radius 3 is 3.05 bits per heavy atom. The lowest BCUT2D eigenvalue weighted by Crippen LogP contribution is -2.25. The SMILES string of the molecule is Cn1cnc2cc(CCNC(=O)CCc3cccs3)ccc21. The Morgan fingerprint density at radius 1 is 1.32 bits per heavy atom. The van der Waals surface area contributed by atoms with Gasteiger partial charge in [0.2, 0.25) is 5.91 Å². The molecule has 4 nitrogen and oxygen atoms in total. The molecule has 1 N–H and O–H groups in total. The summed E-state index contributed by atoms with van der Waals surface area (Å²) in [6, 6.07) is 10.4. The quantitative estimate of drug-likeness (QED) is 0.760. The fraction of sp³-hybridized carbons (Fsp3) is 0.294. The molecule has 5 heteroatoms. The summed E-state index contributed by atoms with van der Waals surface area (Å²) in [5.41, 5.74) is 3.33. The minimum absolute atomic E-state index is 0.118. The molecule has 114 valence electrons. The monoisotopic (exact) mass is 313 g/mol. The van der Waals surface area contributed by atoms with Gasteiger partial charge < -0.3 is 9.88 Å². The van der Waals surface area contributed by atoms with Crippen LogP contribution in [-0.4, -0.2) is 22.0 Å². The average molecular weight is 313 g/mol. The number of fused-ring (bicyclic) bond motifs is 1. The number of thiophene rings is 1. The molecular weight excluding hydrogens is 294 g/mol. The maximum absolute atomic E-state index is 11.8. The van der Waals surface area contributed by atoms with Crippen LogP contribution in [0.25, 0.3) is 11.0 Å². The van der Waals surface area contributed by atoms with Gasteiger partial charge in [-0.3, -0.25) is 4.79 Å². The largest absolute Gasteiger partial charge is 0.356 e. The van der Waals surface area contributed by atoms with E-state index in [0.29, 0.717) is 13.0 Å². The van der Waals surface area contributed by atoms with Crippen molar-refractivity contribution >= 4 is 28.3 Å². The van der Waals surface area contributed by atoms with Gasteiger partial charge in [0.1, 0.15) is 0 Å². The van der Waals surface area contributed by atoms with Gasteiger partial charge in [0.15, 0.2) is 0 Å². The molecule has 0 saturated heterocycles. The standard InChI is InChI=1S/C17H19N3OS/c1-20-12-19-15-11-13(4-6-16(15)20)8-9-18-17(21)7-5-14-3-2-10-22-14/h2-4,6,10-12H,5,7-9H2,1H3,(H,18,21). The van der Waals surface area contributed by atoms with E-state index in [4.69, 9.17) is 0 Å². The second kappa shape index (κ2) is 6.75. The van der Waals surface area contributed by atoms with Gasteiger partial charge in [0.05, 0.1) is 17.4 Å². The lowest BCUT2D eigenvalue weighted by Gasteiger charge is -2.05. The summed E-state index contributed by atoms with van der Waals surface area (Å²) in [4.78, 5) is 17.4. The number of nitrogens with one attached hydrogen (secondary N) is 1. The number of carbonyl (C=O) groups is 1. The minimum atomic E-state index is 0.118. The van der Waals surface area contributed by atoms with E-state index < -0.39 is 0 Å². The number of carbonyl (C=O) groups excluding carboxylic acids is 1. The number of aryl methyl sites for hydroxylation is 2. The van der Waals surface area contributed by atoms with E-state index in [1.54, 1.807) is 11.3 Å². The number of hydrogen-bond donors (Lipinski definition) is 1. The zero-order valence-corrected chi connectivity index (χ0v) is 13.4. The molecule has 0 spiro atoms. The molecule has 1 amide bonds. The van der Waals surface area contributed by atoms with E-state index in [-0.39, 0.29) is 5.91 Å². The zero-order valence-electron chi connectivity index (χ0n) is 12.6. The topological polar surface area (TPSA) is 46.9 Å². The van der Waals surface area contributed by atoms with E-state index in [0.717, 1.165) is 23.9 Å². The van der Waals surface area contributed by atoms with Crippen molar-refractivity contribution in [1.82, 2.24) is 14.9 Å². The fourth-order valence-corrected chi connectivity index (χ4v) is 3.17. The Bertz CT molecular complexity index is 761. The summed E-state index contributed by atoms with van der Waals surface area (Å²) in [7, 11) is 1.99. The Balaban J connectivity index is 1.46. The van der Waals surface area contributed by atoms with E-state index in [1.807, 2.05) is 29.4 Å². The predicted molar refractivity (Wildman–Crippen MR) is 90.1 cm³/mol. The molecule has 3 rings (SSSR count). The number of amides is 1. The summed E-state index contributed by atoms with van der Waals surface area (Å²) in [5, 5.41) is 5.03. The Morgan fingerprint density at radius 2 is 2.23 bits per heavy atom. The molecule has 0 aliphatic heterocycles. The number of hydrogen-bond acceptors (Lipinski definition) is 3. The number of imidazole rings is 1. The van der Waals surface area contributed by atoms with Crippen LogP contribution in [0.15, 0.2) is 42.0 Å². The van der Waals surface area contributed by atoms with Gasteiger partial charge in [-0.2, -0.15) is 0 Å². The first-order chi connectivity index (χ1) is 10.7. The van der Waals surface area contributed by atoms with E-state index >= 15 is 0 Å². The van der Waals surface area contributed by atoms with Gasteiger partial charge in [0.25, 0.3) is 0 Å². The highest BCUT2D eigenvalue weighted by Gasteiger charge is 2.04. The summed E-state index contributed by atoms with van der Waals surface area (Å²) in [5.74, 6) is 0.118. The van der Waals surface area contributed by atoms with Crippen LogP contribution < -0.4 is 5.32 Å². The van der Waals surface area contributed by atoms with Crippen LogP contribution in [0.1, 0.15) is 16.9 Å². The Kier molecular flexibility index (Phi) is 4.53. The van der Waals surface area contributed by atoms with Gasteiger partial charge in [0, 0.05) is 24.9 Å². The minimum Gasteiger partial charge on any atom is -0.356 e. The van der Waals surface area contributed by atoms with Gasteiger partial charge in [-0.05, 0) is 42.0 Å².